The van der Waals surface area contributed by atoms with E-state index in [1.165, 1.54) is 12.1 Å². The minimum absolute atomic E-state index is 0.0420. The maximum Gasteiger partial charge on any atom is 0.338 e. The predicted octanol–water partition coefficient (Wildman–Crippen LogP) is 2.99. The van der Waals surface area contributed by atoms with Gasteiger partial charge in [0.1, 0.15) is 10.6 Å². The minimum Gasteiger partial charge on any atom is -0.494 e. The fourth-order valence-electron chi connectivity index (χ4n) is 3.13. The van der Waals surface area contributed by atoms with Gasteiger partial charge in [0.05, 0.1) is 23.3 Å². The number of hydrogen-bond donors (Lipinski definition) is 2. The summed E-state index contributed by atoms with van der Waals surface area (Å²) < 4.78 is 43.5. The van der Waals surface area contributed by atoms with Crippen LogP contribution in [0.3, 0.4) is 0 Å². The SMILES string of the molecule is CCOc1ccc(NC(=O)COC(=O)c2ccc(Cl)c(S(=O)(=O)NCC3CCCO3)c2)cc1. The Morgan fingerprint density at radius 2 is 1.94 bits per heavy atom. The number of carbonyl (C=O) groups excluding carboxylic acids is 2. The molecule has 2 aromatic carbocycles. The Morgan fingerprint density at radius 3 is 2.61 bits per heavy atom. The molecule has 0 bridgehead atoms. The lowest BCUT2D eigenvalue weighted by Crippen LogP contribution is -2.32. The lowest BCUT2D eigenvalue weighted by Gasteiger charge is -2.13. The number of ether oxygens (including phenoxy) is 3. The molecule has 1 amide bonds. The smallest absolute Gasteiger partial charge is 0.338 e. The average Bonchev–Trinajstić information content (AvgIpc) is 3.32. The molecule has 0 aliphatic carbocycles. The molecule has 0 saturated carbocycles. The van der Waals surface area contributed by atoms with Crippen molar-refractivity contribution in [2.45, 2.75) is 30.8 Å². The van der Waals surface area contributed by atoms with Gasteiger partial charge in [0.2, 0.25) is 10.0 Å². The summed E-state index contributed by atoms with van der Waals surface area (Å²) in [5, 5.41) is 2.55. The maximum absolute atomic E-state index is 12.6. The summed E-state index contributed by atoms with van der Waals surface area (Å²) in [5.41, 5.74) is 0.461. The molecule has 0 spiro atoms. The zero-order valence-electron chi connectivity index (χ0n) is 18.0. The van der Waals surface area contributed by atoms with Crippen molar-refractivity contribution in [3.05, 3.63) is 53.1 Å². The minimum atomic E-state index is -3.97. The van der Waals surface area contributed by atoms with Crippen LogP contribution in [0.25, 0.3) is 0 Å². The second-order valence-electron chi connectivity index (χ2n) is 7.21. The first kappa shape index (κ1) is 25.0. The van der Waals surface area contributed by atoms with Gasteiger partial charge in [-0.2, -0.15) is 0 Å². The van der Waals surface area contributed by atoms with E-state index in [-0.39, 0.29) is 28.1 Å². The summed E-state index contributed by atoms with van der Waals surface area (Å²) in [7, 11) is -3.97. The predicted molar refractivity (Wildman–Crippen MR) is 122 cm³/mol. The van der Waals surface area contributed by atoms with Crippen LogP contribution in [-0.4, -0.2) is 52.8 Å². The lowest BCUT2D eigenvalue weighted by atomic mass is 10.2. The van der Waals surface area contributed by atoms with Crippen LogP contribution in [0.15, 0.2) is 47.4 Å². The van der Waals surface area contributed by atoms with Crippen LogP contribution in [0, 0.1) is 0 Å². The van der Waals surface area contributed by atoms with Crippen molar-refractivity contribution >= 4 is 39.2 Å². The van der Waals surface area contributed by atoms with E-state index in [1.807, 2.05) is 6.92 Å². The van der Waals surface area contributed by atoms with Gasteiger partial charge in [0, 0.05) is 18.8 Å². The maximum atomic E-state index is 12.6. The Bertz CT molecular complexity index is 1080. The van der Waals surface area contributed by atoms with Crippen LogP contribution < -0.4 is 14.8 Å². The number of amides is 1. The number of sulfonamides is 1. The van der Waals surface area contributed by atoms with E-state index in [9.17, 15) is 18.0 Å². The molecule has 3 rings (SSSR count). The van der Waals surface area contributed by atoms with E-state index in [0.717, 1.165) is 18.9 Å². The highest BCUT2D eigenvalue weighted by Gasteiger charge is 2.24. The highest BCUT2D eigenvalue weighted by atomic mass is 35.5. The summed E-state index contributed by atoms with van der Waals surface area (Å²) in [6, 6.07) is 10.5. The van der Waals surface area contributed by atoms with Gasteiger partial charge in [-0.05, 0) is 62.2 Å². The fraction of sp³-hybridized carbons (Fsp3) is 0.364. The van der Waals surface area contributed by atoms with Gasteiger partial charge >= 0.3 is 5.97 Å². The van der Waals surface area contributed by atoms with Gasteiger partial charge in [-0.15, -0.1) is 0 Å². The Kier molecular flexibility index (Phi) is 8.67. The summed E-state index contributed by atoms with van der Waals surface area (Å²) in [5.74, 6) is -0.739. The Balaban J connectivity index is 1.57. The number of hydrogen-bond acceptors (Lipinski definition) is 7. The Hall–Kier alpha value is -2.66. The molecular formula is C22H25ClN2O7S. The molecule has 2 aromatic rings. The van der Waals surface area contributed by atoms with Crippen LogP contribution in [0.5, 0.6) is 5.75 Å². The molecule has 1 aliphatic heterocycles. The number of benzene rings is 2. The third-order valence-corrected chi connectivity index (χ3v) is 6.67. The quantitative estimate of drug-likeness (QED) is 0.485. The first-order valence-corrected chi connectivity index (χ1v) is 12.3. The van der Waals surface area contributed by atoms with Crippen molar-refractivity contribution in [3.63, 3.8) is 0 Å². The third kappa shape index (κ3) is 7.16. The van der Waals surface area contributed by atoms with Gasteiger partial charge in [-0.3, -0.25) is 4.79 Å². The first-order chi connectivity index (χ1) is 15.8. The van der Waals surface area contributed by atoms with Crippen LogP contribution in [0.2, 0.25) is 5.02 Å². The van der Waals surface area contributed by atoms with E-state index in [0.29, 0.717) is 24.7 Å². The molecule has 33 heavy (non-hydrogen) atoms. The van der Waals surface area contributed by atoms with Gasteiger partial charge in [0.15, 0.2) is 6.61 Å². The fourth-order valence-corrected chi connectivity index (χ4v) is 4.72. The van der Waals surface area contributed by atoms with Gasteiger partial charge in [-0.25, -0.2) is 17.9 Å². The molecule has 11 heteroatoms. The highest BCUT2D eigenvalue weighted by molar-refractivity contribution is 7.89. The summed E-state index contributed by atoms with van der Waals surface area (Å²) in [6.45, 7) is 2.55. The Labute approximate surface area is 197 Å². The van der Waals surface area contributed by atoms with Crippen molar-refractivity contribution in [3.8, 4) is 5.75 Å². The van der Waals surface area contributed by atoms with Gasteiger partial charge in [-0.1, -0.05) is 11.6 Å². The van der Waals surface area contributed by atoms with E-state index in [4.69, 9.17) is 25.8 Å². The molecule has 178 valence electrons. The molecular weight excluding hydrogens is 472 g/mol. The van der Waals surface area contributed by atoms with Crippen molar-refractivity contribution in [1.82, 2.24) is 4.72 Å². The topological polar surface area (TPSA) is 120 Å². The van der Waals surface area contributed by atoms with E-state index in [2.05, 4.69) is 10.0 Å². The number of carbonyl (C=O) groups is 2. The molecule has 1 unspecified atom stereocenters. The van der Waals surface area contributed by atoms with Crippen molar-refractivity contribution in [2.24, 2.45) is 0 Å². The number of rotatable bonds is 10. The molecule has 2 N–H and O–H groups in total. The van der Waals surface area contributed by atoms with E-state index in [1.54, 1.807) is 24.3 Å². The zero-order chi connectivity index (χ0) is 23.8. The van der Waals surface area contributed by atoms with Gasteiger partial charge < -0.3 is 19.5 Å². The molecule has 1 saturated heterocycles. The molecule has 9 nitrogen and oxygen atoms in total. The normalized spacial score (nSPS) is 15.8. The monoisotopic (exact) mass is 496 g/mol. The zero-order valence-corrected chi connectivity index (χ0v) is 19.6. The number of esters is 1. The van der Waals surface area contributed by atoms with Gasteiger partial charge in [0.25, 0.3) is 5.91 Å². The average molecular weight is 497 g/mol. The first-order valence-electron chi connectivity index (χ1n) is 10.4. The van der Waals surface area contributed by atoms with Crippen LogP contribution in [0.4, 0.5) is 5.69 Å². The largest absolute Gasteiger partial charge is 0.494 e. The van der Waals surface area contributed by atoms with Crippen LogP contribution >= 0.6 is 11.6 Å². The molecule has 1 atom stereocenters. The van der Waals surface area contributed by atoms with Crippen molar-refractivity contribution in [1.29, 1.82) is 0 Å². The third-order valence-electron chi connectivity index (χ3n) is 4.76. The van der Waals surface area contributed by atoms with Crippen molar-refractivity contribution in [2.75, 3.05) is 31.7 Å². The van der Waals surface area contributed by atoms with Crippen LogP contribution in [0.1, 0.15) is 30.1 Å². The second-order valence-corrected chi connectivity index (χ2v) is 9.36. The molecule has 0 radical (unpaired) electrons. The van der Waals surface area contributed by atoms with E-state index >= 15 is 0 Å². The summed E-state index contributed by atoms with van der Waals surface area (Å²) in [4.78, 5) is 24.2. The molecule has 1 aliphatic rings. The highest BCUT2D eigenvalue weighted by Crippen LogP contribution is 2.23. The summed E-state index contributed by atoms with van der Waals surface area (Å²) >= 11 is 6.05. The summed E-state index contributed by atoms with van der Waals surface area (Å²) in [6.07, 6.45) is 1.45. The lowest BCUT2D eigenvalue weighted by molar-refractivity contribution is -0.119. The molecule has 0 aromatic heterocycles. The Morgan fingerprint density at radius 1 is 1.18 bits per heavy atom. The van der Waals surface area contributed by atoms with Crippen LogP contribution in [-0.2, 0) is 24.3 Å². The van der Waals surface area contributed by atoms with Crippen molar-refractivity contribution < 1.29 is 32.2 Å². The van der Waals surface area contributed by atoms with E-state index < -0.39 is 28.5 Å². The standard InChI is InChI=1S/C22H25ClN2O7S/c1-2-30-17-8-6-16(7-9-17)25-21(26)14-32-22(27)15-5-10-19(23)20(12-15)33(28,29)24-13-18-4-3-11-31-18/h5-10,12,18,24H,2-4,11,13-14H2,1H3,(H,25,26). The second kappa shape index (κ2) is 11.5. The molecule has 1 fully saturated rings. The number of anilines is 1. The molecule has 1 heterocycles. The number of nitrogens with one attached hydrogen (secondary N) is 2. The number of halogens is 1.